The Balaban J connectivity index is 0.00000240. The maximum Gasteiger partial charge on any atom is 0.266 e. The Morgan fingerprint density at radius 1 is 1.00 bits per heavy atom. The van der Waals surface area contributed by atoms with Gasteiger partial charge in [-0.25, -0.2) is 4.90 Å². The number of carbonyl (C=O) groups is 3. The third-order valence-corrected chi connectivity index (χ3v) is 4.94. The Morgan fingerprint density at radius 3 is 2.31 bits per heavy atom. The molecule has 29 heavy (non-hydrogen) atoms. The predicted molar refractivity (Wildman–Crippen MR) is 111 cm³/mol. The molecule has 1 N–H and O–H groups in total. The molecule has 0 spiro atoms. The first-order valence-corrected chi connectivity index (χ1v) is 9.36. The van der Waals surface area contributed by atoms with Crippen LogP contribution in [0.5, 0.6) is 5.75 Å². The average Bonchev–Trinajstić information content (AvgIpc) is 2.99. The lowest BCUT2D eigenvalue weighted by atomic mass is 10.0. The normalized spacial score (nSPS) is 15.8. The van der Waals surface area contributed by atoms with Gasteiger partial charge in [0.05, 0.1) is 23.4 Å². The predicted octanol–water partition coefficient (Wildman–Crippen LogP) is 2.35. The lowest BCUT2D eigenvalue weighted by Gasteiger charge is -2.27. The van der Waals surface area contributed by atoms with Gasteiger partial charge in [-0.15, -0.1) is 12.4 Å². The van der Waals surface area contributed by atoms with Gasteiger partial charge in [0.1, 0.15) is 5.75 Å². The summed E-state index contributed by atoms with van der Waals surface area (Å²) < 4.78 is 5.40. The third-order valence-electron chi connectivity index (χ3n) is 4.94. The number of imide groups is 1. The Labute approximate surface area is 175 Å². The van der Waals surface area contributed by atoms with Gasteiger partial charge in [0, 0.05) is 31.7 Å². The number of hydrogen-bond donors (Lipinski definition) is 1. The van der Waals surface area contributed by atoms with E-state index in [1.807, 2.05) is 6.92 Å². The summed E-state index contributed by atoms with van der Waals surface area (Å²) in [6.07, 6.45) is 0. The molecular formula is C21H22ClN3O4. The number of anilines is 1. The van der Waals surface area contributed by atoms with Gasteiger partial charge < -0.3 is 15.0 Å². The Morgan fingerprint density at radius 2 is 1.66 bits per heavy atom. The van der Waals surface area contributed by atoms with Crippen LogP contribution in [0.3, 0.4) is 0 Å². The summed E-state index contributed by atoms with van der Waals surface area (Å²) in [6.45, 7) is 5.18. The van der Waals surface area contributed by atoms with E-state index in [1.165, 1.54) is 6.07 Å². The SMILES string of the molecule is CCOc1ccc(N2C(=O)c3ccc(C(=O)N4CCNCC4)cc3C2=O)cc1.Cl. The van der Waals surface area contributed by atoms with Crippen LogP contribution in [0.25, 0.3) is 0 Å². The molecule has 0 unspecified atom stereocenters. The van der Waals surface area contributed by atoms with Crippen LogP contribution in [0.1, 0.15) is 38.0 Å². The van der Waals surface area contributed by atoms with Gasteiger partial charge in [-0.3, -0.25) is 14.4 Å². The van der Waals surface area contributed by atoms with Crippen LogP contribution >= 0.6 is 12.4 Å². The van der Waals surface area contributed by atoms with Crippen molar-refractivity contribution >= 4 is 35.8 Å². The molecule has 4 rings (SSSR count). The highest BCUT2D eigenvalue weighted by Crippen LogP contribution is 2.30. The van der Waals surface area contributed by atoms with Crippen LogP contribution < -0.4 is 15.0 Å². The Kier molecular flexibility index (Phi) is 6.20. The van der Waals surface area contributed by atoms with Gasteiger partial charge in [0.2, 0.25) is 0 Å². The van der Waals surface area contributed by atoms with Crippen molar-refractivity contribution in [2.75, 3.05) is 37.7 Å². The molecule has 0 aliphatic carbocycles. The van der Waals surface area contributed by atoms with Crippen LogP contribution in [0.4, 0.5) is 5.69 Å². The number of nitrogens with one attached hydrogen (secondary N) is 1. The zero-order valence-corrected chi connectivity index (χ0v) is 16.8. The maximum absolute atomic E-state index is 12.9. The molecule has 2 aromatic carbocycles. The molecule has 152 valence electrons. The fourth-order valence-corrected chi connectivity index (χ4v) is 3.52. The van der Waals surface area contributed by atoms with Gasteiger partial charge in [-0.2, -0.15) is 0 Å². The van der Waals surface area contributed by atoms with E-state index in [0.29, 0.717) is 42.3 Å². The molecule has 0 radical (unpaired) electrons. The molecule has 0 aromatic heterocycles. The zero-order chi connectivity index (χ0) is 19.7. The second-order valence-electron chi connectivity index (χ2n) is 6.68. The number of amides is 3. The number of rotatable bonds is 4. The van der Waals surface area contributed by atoms with E-state index in [4.69, 9.17) is 4.74 Å². The molecule has 2 heterocycles. The minimum atomic E-state index is -0.417. The number of ether oxygens (including phenoxy) is 1. The molecule has 2 aliphatic heterocycles. The van der Waals surface area contributed by atoms with E-state index >= 15 is 0 Å². The topological polar surface area (TPSA) is 79.0 Å². The van der Waals surface area contributed by atoms with Crippen LogP contribution in [0.15, 0.2) is 42.5 Å². The van der Waals surface area contributed by atoms with Crippen molar-refractivity contribution in [2.45, 2.75) is 6.92 Å². The fourth-order valence-electron chi connectivity index (χ4n) is 3.52. The molecule has 0 atom stereocenters. The highest BCUT2D eigenvalue weighted by Gasteiger charge is 2.37. The van der Waals surface area contributed by atoms with Gasteiger partial charge in [-0.1, -0.05) is 0 Å². The number of nitrogens with zero attached hydrogens (tertiary/aromatic N) is 2. The number of carbonyl (C=O) groups excluding carboxylic acids is 3. The monoisotopic (exact) mass is 415 g/mol. The molecule has 1 fully saturated rings. The smallest absolute Gasteiger partial charge is 0.266 e. The second kappa shape index (κ2) is 8.63. The molecule has 8 heteroatoms. The number of halogens is 1. The molecule has 0 saturated carbocycles. The van der Waals surface area contributed by atoms with Gasteiger partial charge in [0.25, 0.3) is 17.7 Å². The summed E-state index contributed by atoms with van der Waals surface area (Å²) in [5, 5.41) is 3.20. The second-order valence-corrected chi connectivity index (χ2v) is 6.68. The summed E-state index contributed by atoms with van der Waals surface area (Å²) in [4.78, 5) is 41.3. The van der Waals surface area contributed by atoms with Crippen LogP contribution in [0, 0.1) is 0 Å². The van der Waals surface area contributed by atoms with E-state index in [0.717, 1.165) is 18.0 Å². The number of benzene rings is 2. The van der Waals surface area contributed by atoms with E-state index in [9.17, 15) is 14.4 Å². The lowest BCUT2D eigenvalue weighted by Crippen LogP contribution is -2.46. The third kappa shape index (κ3) is 3.83. The molecule has 7 nitrogen and oxygen atoms in total. The largest absolute Gasteiger partial charge is 0.494 e. The molecular weight excluding hydrogens is 394 g/mol. The summed E-state index contributed by atoms with van der Waals surface area (Å²) in [6, 6.07) is 11.5. The number of fused-ring (bicyclic) bond motifs is 1. The van der Waals surface area contributed by atoms with Gasteiger partial charge in [0.15, 0.2) is 0 Å². The first-order valence-electron chi connectivity index (χ1n) is 9.36. The summed E-state index contributed by atoms with van der Waals surface area (Å²) >= 11 is 0. The van der Waals surface area contributed by atoms with Crippen molar-refractivity contribution in [3.05, 3.63) is 59.2 Å². The minimum absolute atomic E-state index is 0. The van der Waals surface area contributed by atoms with Crippen molar-refractivity contribution < 1.29 is 19.1 Å². The van der Waals surface area contributed by atoms with Crippen molar-refractivity contribution in [3.8, 4) is 5.75 Å². The molecule has 3 amide bonds. The average molecular weight is 416 g/mol. The molecule has 0 bridgehead atoms. The highest BCUT2D eigenvalue weighted by atomic mass is 35.5. The van der Waals surface area contributed by atoms with Gasteiger partial charge in [-0.05, 0) is 49.4 Å². The van der Waals surface area contributed by atoms with Crippen molar-refractivity contribution in [2.24, 2.45) is 0 Å². The number of piperazine rings is 1. The van der Waals surface area contributed by atoms with Crippen LogP contribution in [-0.4, -0.2) is 55.4 Å². The first-order chi connectivity index (χ1) is 13.6. The summed E-state index contributed by atoms with van der Waals surface area (Å²) in [5.74, 6) is -0.250. The van der Waals surface area contributed by atoms with Gasteiger partial charge >= 0.3 is 0 Å². The van der Waals surface area contributed by atoms with E-state index < -0.39 is 5.91 Å². The first kappa shape index (κ1) is 20.8. The lowest BCUT2D eigenvalue weighted by molar-refractivity contribution is 0.0735. The standard InChI is InChI=1S/C21H21N3O4.ClH/c1-2-28-16-6-4-15(5-7-16)24-20(26)17-8-3-14(13-18(17)21(24)27)19(25)23-11-9-22-10-12-23;/h3-8,13,22H,2,9-12H2,1H3;1H. The Bertz CT molecular complexity index is 939. The van der Waals surface area contributed by atoms with E-state index in [-0.39, 0.29) is 29.8 Å². The molecule has 2 aliphatic rings. The van der Waals surface area contributed by atoms with Crippen LogP contribution in [-0.2, 0) is 0 Å². The van der Waals surface area contributed by atoms with E-state index in [1.54, 1.807) is 41.3 Å². The van der Waals surface area contributed by atoms with Crippen LogP contribution in [0.2, 0.25) is 0 Å². The fraction of sp³-hybridized carbons (Fsp3) is 0.286. The Hall–Kier alpha value is -2.90. The maximum atomic E-state index is 12.9. The van der Waals surface area contributed by atoms with Crippen molar-refractivity contribution in [1.29, 1.82) is 0 Å². The number of hydrogen-bond acceptors (Lipinski definition) is 5. The summed E-state index contributed by atoms with van der Waals surface area (Å²) in [5.41, 5.74) is 1.48. The van der Waals surface area contributed by atoms with E-state index in [2.05, 4.69) is 5.32 Å². The molecule has 1 saturated heterocycles. The quantitative estimate of drug-likeness (QED) is 0.775. The van der Waals surface area contributed by atoms with Crippen molar-refractivity contribution in [1.82, 2.24) is 10.2 Å². The minimum Gasteiger partial charge on any atom is -0.494 e. The zero-order valence-electron chi connectivity index (χ0n) is 16.0. The molecule has 2 aromatic rings. The highest BCUT2D eigenvalue weighted by molar-refractivity contribution is 6.34. The van der Waals surface area contributed by atoms with Crippen molar-refractivity contribution in [3.63, 3.8) is 0 Å². The summed E-state index contributed by atoms with van der Waals surface area (Å²) in [7, 11) is 0.